The van der Waals surface area contributed by atoms with E-state index in [0.29, 0.717) is 17.8 Å². The zero-order valence-electron chi connectivity index (χ0n) is 13.7. The van der Waals surface area contributed by atoms with Crippen LogP contribution in [-0.4, -0.2) is 10.5 Å². The van der Waals surface area contributed by atoms with E-state index in [9.17, 15) is 9.59 Å². The van der Waals surface area contributed by atoms with Gasteiger partial charge in [0.05, 0.1) is 12.1 Å². The molecule has 2 aromatic carbocycles. The topological polar surface area (TPSA) is 51.1 Å². The number of pyridine rings is 1. The molecule has 0 saturated heterocycles. The third-order valence-electron chi connectivity index (χ3n) is 3.78. The molecule has 1 aromatic heterocycles. The van der Waals surface area contributed by atoms with Gasteiger partial charge in [-0.25, -0.2) is 0 Å². The van der Waals surface area contributed by atoms with Crippen LogP contribution in [0.4, 0.5) is 5.69 Å². The maximum absolute atomic E-state index is 12.4. The number of rotatable bonds is 4. The molecule has 3 aromatic rings. The quantitative estimate of drug-likeness (QED) is 0.717. The highest BCUT2D eigenvalue weighted by molar-refractivity contribution is 9.10. The molecule has 0 aliphatic carbocycles. The largest absolute Gasteiger partial charge is 0.322 e. The van der Waals surface area contributed by atoms with Crippen LogP contribution in [-0.2, 0) is 6.54 Å². The molecule has 4 nitrogen and oxygen atoms in total. The van der Waals surface area contributed by atoms with Crippen molar-refractivity contribution in [1.82, 2.24) is 4.57 Å². The van der Waals surface area contributed by atoms with E-state index in [1.165, 1.54) is 6.07 Å². The summed E-state index contributed by atoms with van der Waals surface area (Å²) >= 11 is 3.36. The number of benzene rings is 2. The van der Waals surface area contributed by atoms with Gasteiger partial charge in [0.2, 0.25) is 0 Å². The third-order valence-corrected chi connectivity index (χ3v) is 4.31. The minimum Gasteiger partial charge on any atom is -0.322 e. The van der Waals surface area contributed by atoms with Gasteiger partial charge in [0.15, 0.2) is 0 Å². The summed E-state index contributed by atoms with van der Waals surface area (Å²) in [5.41, 5.74) is 3.16. The molecule has 1 amide bonds. The Kier molecular flexibility index (Phi) is 5.14. The van der Waals surface area contributed by atoms with Gasteiger partial charge in [0, 0.05) is 22.4 Å². The van der Waals surface area contributed by atoms with Crippen molar-refractivity contribution in [2.45, 2.75) is 13.5 Å². The summed E-state index contributed by atoms with van der Waals surface area (Å²) in [4.78, 5) is 24.5. The minimum atomic E-state index is -0.250. The number of halogens is 1. The molecular formula is C20H17BrN2O2. The predicted octanol–water partition coefficient (Wildman–Crippen LogP) is 4.22. The number of hydrogen-bond donors (Lipinski definition) is 1. The Morgan fingerprint density at radius 2 is 1.84 bits per heavy atom. The Bertz CT molecular complexity index is 962. The lowest BCUT2D eigenvalue weighted by Gasteiger charge is -2.10. The first kappa shape index (κ1) is 17.2. The summed E-state index contributed by atoms with van der Waals surface area (Å²) in [7, 11) is 0. The number of carbonyl (C=O) groups is 1. The second-order valence-corrected chi connectivity index (χ2v) is 6.75. The number of hydrogen-bond acceptors (Lipinski definition) is 2. The van der Waals surface area contributed by atoms with Crippen LogP contribution in [0.2, 0.25) is 0 Å². The summed E-state index contributed by atoms with van der Waals surface area (Å²) in [6, 6.07) is 18.3. The Hall–Kier alpha value is -2.66. The SMILES string of the molecule is Cc1cccc(Cn2cc(C(=O)Nc3ccc(Br)cc3)ccc2=O)c1. The number of carbonyl (C=O) groups excluding carboxylic acids is 1. The fraction of sp³-hybridized carbons (Fsp3) is 0.100. The highest BCUT2D eigenvalue weighted by Crippen LogP contribution is 2.15. The lowest BCUT2D eigenvalue weighted by Crippen LogP contribution is -2.22. The summed E-state index contributed by atoms with van der Waals surface area (Å²) in [5.74, 6) is -0.250. The molecule has 3 rings (SSSR count). The molecule has 0 aliphatic rings. The Morgan fingerprint density at radius 3 is 2.56 bits per heavy atom. The smallest absolute Gasteiger partial charge is 0.257 e. The molecule has 1 N–H and O–H groups in total. The molecule has 126 valence electrons. The van der Waals surface area contributed by atoms with E-state index < -0.39 is 0 Å². The molecule has 0 unspecified atom stereocenters. The van der Waals surface area contributed by atoms with Gasteiger partial charge in [-0.1, -0.05) is 45.8 Å². The van der Waals surface area contributed by atoms with Crippen molar-refractivity contribution >= 4 is 27.5 Å². The zero-order chi connectivity index (χ0) is 17.8. The summed E-state index contributed by atoms with van der Waals surface area (Å²) in [6.45, 7) is 2.44. The maximum Gasteiger partial charge on any atom is 0.257 e. The molecular weight excluding hydrogens is 380 g/mol. The van der Waals surface area contributed by atoms with Crippen LogP contribution in [0.25, 0.3) is 0 Å². The van der Waals surface area contributed by atoms with Crippen LogP contribution in [0.3, 0.4) is 0 Å². The van der Waals surface area contributed by atoms with Crippen molar-refractivity contribution in [2.24, 2.45) is 0 Å². The maximum atomic E-state index is 12.4. The van der Waals surface area contributed by atoms with Gasteiger partial charge in [-0.05, 0) is 42.8 Å². The van der Waals surface area contributed by atoms with E-state index in [2.05, 4.69) is 21.2 Å². The second-order valence-electron chi connectivity index (χ2n) is 5.83. The van der Waals surface area contributed by atoms with E-state index >= 15 is 0 Å². The Balaban J connectivity index is 1.82. The number of aryl methyl sites for hydroxylation is 1. The first-order valence-electron chi connectivity index (χ1n) is 7.84. The number of aromatic nitrogens is 1. The van der Waals surface area contributed by atoms with Crippen molar-refractivity contribution in [1.29, 1.82) is 0 Å². The molecule has 0 atom stereocenters. The van der Waals surface area contributed by atoms with Gasteiger partial charge in [-0.15, -0.1) is 0 Å². The zero-order valence-corrected chi connectivity index (χ0v) is 15.3. The fourth-order valence-corrected chi connectivity index (χ4v) is 2.80. The molecule has 0 saturated carbocycles. The molecule has 25 heavy (non-hydrogen) atoms. The van der Waals surface area contributed by atoms with E-state index in [1.54, 1.807) is 16.8 Å². The molecule has 5 heteroatoms. The van der Waals surface area contributed by atoms with Gasteiger partial charge in [-0.2, -0.15) is 0 Å². The van der Waals surface area contributed by atoms with Crippen molar-refractivity contribution in [3.8, 4) is 0 Å². The average molecular weight is 397 g/mol. The number of amides is 1. The van der Waals surface area contributed by atoms with Crippen molar-refractivity contribution < 1.29 is 4.79 Å². The minimum absolute atomic E-state index is 0.137. The predicted molar refractivity (Wildman–Crippen MR) is 103 cm³/mol. The Morgan fingerprint density at radius 1 is 1.08 bits per heavy atom. The first-order chi connectivity index (χ1) is 12.0. The monoisotopic (exact) mass is 396 g/mol. The number of nitrogens with zero attached hydrogens (tertiary/aromatic N) is 1. The normalized spacial score (nSPS) is 10.5. The summed E-state index contributed by atoms with van der Waals surface area (Å²) in [5, 5.41) is 2.83. The van der Waals surface area contributed by atoms with Gasteiger partial charge >= 0.3 is 0 Å². The second kappa shape index (κ2) is 7.49. The van der Waals surface area contributed by atoms with Crippen LogP contribution in [0.1, 0.15) is 21.5 Å². The van der Waals surface area contributed by atoms with Gasteiger partial charge in [-0.3, -0.25) is 9.59 Å². The van der Waals surface area contributed by atoms with Crippen LogP contribution in [0, 0.1) is 6.92 Å². The van der Waals surface area contributed by atoms with Crippen molar-refractivity contribution in [3.63, 3.8) is 0 Å². The van der Waals surface area contributed by atoms with Crippen LogP contribution in [0.15, 0.2) is 76.1 Å². The fourth-order valence-electron chi connectivity index (χ4n) is 2.53. The highest BCUT2D eigenvalue weighted by Gasteiger charge is 2.09. The number of anilines is 1. The van der Waals surface area contributed by atoms with E-state index in [4.69, 9.17) is 0 Å². The lowest BCUT2D eigenvalue weighted by atomic mass is 10.1. The molecule has 0 radical (unpaired) electrons. The first-order valence-corrected chi connectivity index (χ1v) is 8.63. The van der Waals surface area contributed by atoms with Gasteiger partial charge < -0.3 is 9.88 Å². The highest BCUT2D eigenvalue weighted by atomic mass is 79.9. The molecule has 0 spiro atoms. The average Bonchev–Trinajstić information content (AvgIpc) is 2.59. The molecule has 1 heterocycles. The lowest BCUT2D eigenvalue weighted by molar-refractivity contribution is 0.102. The Labute approximate surface area is 154 Å². The van der Waals surface area contributed by atoms with Crippen molar-refractivity contribution in [2.75, 3.05) is 5.32 Å². The van der Waals surface area contributed by atoms with E-state index in [1.807, 2.05) is 55.5 Å². The molecule has 0 bridgehead atoms. The summed E-state index contributed by atoms with van der Waals surface area (Å²) < 4.78 is 2.49. The third kappa shape index (κ3) is 4.45. The van der Waals surface area contributed by atoms with Gasteiger partial charge in [0.1, 0.15) is 0 Å². The molecule has 0 fully saturated rings. The van der Waals surface area contributed by atoms with Crippen LogP contribution in [0.5, 0.6) is 0 Å². The van der Waals surface area contributed by atoms with Crippen LogP contribution >= 0.6 is 15.9 Å². The number of nitrogens with one attached hydrogen (secondary N) is 1. The standard InChI is InChI=1S/C20H17BrN2O2/c1-14-3-2-4-15(11-14)12-23-13-16(5-10-19(23)24)20(25)22-18-8-6-17(21)7-9-18/h2-11,13H,12H2,1H3,(H,22,25). The summed E-state index contributed by atoms with van der Waals surface area (Å²) in [6.07, 6.45) is 1.60. The van der Waals surface area contributed by atoms with E-state index in [0.717, 1.165) is 15.6 Å². The van der Waals surface area contributed by atoms with Crippen LogP contribution < -0.4 is 10.9 Å². The van der Waals surface area contributed by atoms with Gasteiger partial charge in [0.25, 0.3) is 11.5 Å². The van der Waals surface area contributed by atoms with E-state index in [-0.39, 0.29) is 11.5 Å². The van der Waals surface area contributed by atoms with Crippen molar-refractivity contribution in [3.05, 3.63) is 98.4 Å². The molecule has 0 aliphatic heterocycles.